The molecule has 6 rings (SSSR count). The number of benzene rings is 3. The second-order valence-corrected chi connectivity index (χ2v) is 10.7. The first-order valence-electron chi connectivity index (χ1n) is 11.8. The molecule has 8 nitrogen and oxygen atoms in total. The minimum atomic E-state index is -0.359. The summed E-state index contributed by atoms with van der Waals surface area (Å²) in [5.74, 6) is 0.539. The number of nitrogens with zero attached hydrogens (tertiary/aromatic N) is 2. The SMILES string of the molecule is O=C(/C=C/C(CC(=O)Nc1ccc2ncsc2c1)=C(/Cl)c1ccc2c(c1)OCO2)Nc1ccc2ncsc2c1. The maximum atomic E-state index is 13.1. The topological polar surface area (TPSA) is 102 Å². The number of fused-ring (bicyclic) bond motifs is 3. The fraction of sp³-hybridized carbons (Fsp3) is 0.0714. The van der Waals surface area contributed by atoms with Crippen LogP contribution in [0.5, 0.6) is 11.5 Å². The molecule has 3 aromatic carbocycles. The van der Waals surface area contributed by atoms with Gasteiger partial charge in [0.15, 0.2) is 11.5 Å². The third-order valence-corrected chi connectivity index (χ3v) is 7.95. The smallest absolute Gasteiger partial charge is 0.248 e. The molecule has 0 spiro atoms. The van der Waals surface area contributed by atoms with E-state index in [2.05, 4.69) is 20.6 Å². The Morgan fingerprint density at radius 1 is 0.846 bits per heavy atom. The molecule has 1 aliphatic heterocycles. The molecule has 0 radical (unpaired) electrons. The van der Waals surface area contributed by atoms with Crippen LogP contribution in [0.1, 0.15) is 12.0 Å². The summed E-state index contributed by atoms with van der Waals surface area (Å²) in [7, 11) is 0. The van der Waals surface area contributed by atoms with E-state index in [-0.39, 0.29) is 25.0 Å². The number of carbonyl (C=O) groups excluding carboxylic acids is 2. The van der Waals surface area contributed by atoms with Crippen LogP contribution in [-0.2, 0) is 9.59 Å². The lowest BCUT2D eigenvalue weighted by molar-refractivity contribution is -0.115. The molecule has 0 unspecified atom stereocenters. The number of halogens is 1. The quantitative estimate of drug-likeness (QED) is 0.163. The zero-order valence-corrected chi connectivity index (χ0v) is 22.5. The molecule has 39 heavy (non-hydrogen) atoms. The molecule has 2 N–H and O–H groups in total. The van der Waals surface area contributed by atoms with E-state index in [4.69, 9.17) is 21.1 Å². The Morgan fingerprint density at radius 3 is 2.23 bits per heavy atom. The van der Waals surface area contributed by atoms with Crippen molar-refractivity contribution in [3.63, 3.8) is 0 Å². The summed E-state index contributed by atoms with van der Waals surface area (Å²) in [4.78, 5) is 34.3. The summed E-state index contributed by atoms with van der Waals surface area (Å²) >= 11 is 9.78. The summed E-state index contributed by atoms with van der Waals surface area (Å²) in [6, 6.07) is 16.3. The van der Waals surface area contributed by atoms with Crippen molar-refractivity contribution in [1.29, 1.82) is 0 Å². The molecule has 0 atom stereocenters. The highest BCUT2D eigenvalue weighted by atomic mass is 35.5. The predicted octanol–water partition coefficient (Wildman–Crippen LogP) is 6.81. The van der Waals surface area contributed by atoms with Gasteiger partial charge in [-0.1, -0.05) is 17.7 Å². The van der Waals surface area contributed by atoms with Gasteiger partial charge in [-0.05, 0) is 65.7 Å². The average molecular weight is 575 g/mol. The average Bonchev–Trinajstić information content (AvgIpc) is 3.70. The summed E-state index contributed by atoms with van der Waals surface area (Å²) < 4.78 is 12.8. The molecule has 5 aromatic rings. The number of ether oxygens (including phenoxy) is 2. The number of rotatable bonds is 7. The van der Waals surface area contributed by atoms with Crippen LogP contribution in [0.25, 0.3) is 25.5 Å². The Hall–Kier alpha value is -4.25. The van der Waals surface area contributed by atoms with Gasteiger partial charge < -0.3 is 20.1 Å². The Balaban J connectivity index is 1.24. The molecule has 0 bridgehead atoms. The van der Waals surface area contributed by atoms with Crippen LogP contribution in [-0.4, -0.2) is 28.6 Å². The molecule has 194 valence electrons. The second-order valence-electron chi connectivity index (χ2n) is 8.52. The normalized spacial score (nSPS) is 13.2. The number of carbonyl (C=O) groups is 2. The molecule has 11 heteroatoms. The maximum Gasteiger partial charge on any atom is 0.248 e. The zero-order chi connectivity index (χ0) is 26.8. The molecule has 0 aliphatic carbocycles. The first-order chi connectivity index (χ1) is 19.0. The van der Waals surface area contributed by atoms with Crippen LogP contribution in [0.4, 0.5) is 11.4 Å². The number of anilines is 2. The largest absolute Gasteiger partial charge is 0.454 e. The minimum Gasteiger partial charge on any atom is -0.454 e. The first-order valence-corrected chi connectivity index (χ1v) is 13.9. The number of aromatic nitrogens is 2. The predicted molar refractivity (Wildman–Crippen MR) is 156 cm³/mol. The molecular formula is C28H19ClN4O4S2. The van der Waals surface area contributed by atoms with Gasteiger partial charge in [-0.15, -0.1) is 22.7 Å². The van der Waals surface area contributed by atoms with Crippen molar-refractivity contribution in [3.05, 3.63) is 88.9 Å². The molecule has 1 aliphatic rings. The van der Waals surface area contributed by atoms with Crippen LogP contribution in [0, 0.1) is 0 Å². The molecule has 0 saturated carbocycles. The third-order valence-electron chi connectivity index (χ3n) is 5.91. The van der Waals surface area contributed by atoms with E-state index in [0.29, 0.717) is 39.0 Å². The van der Waals surface area contributed by atoms with Crippen molar-refractivity contribution < 1.29 is 19.1 Å². The number of allylic oxidation sites excluding steroid dienone is 1. The van der Waals surface area contributed by atoms with Crippen molar-refractivity contribution in [1.82, 2.24) is 9.97 Å². The van der Waals surface area contributed by atoms with E-state index < -0.39 is 0 Å². The van der Waals surface area contributed by atoms with Crippen LogP contribution < -0.4 is 20.1 Å². The number of hydrogen-bond donors (Lipinski definition) is 2. The number of hydrogen-bond acceptors (Lipinski definition) is 8. The highest BCUT2D eigenvalue weighted by molar-refractivity contribution is 7.17. The van der Waals surface area contributed by atoms with Gasteiger partial charge in [0.2, 0.25) is 18.6 Å². The van der Waals surface area contributed by atoms with Crippen molar-refractivity contribution in [2.45, 2.75) is 6.42 Å². The van der Waals surface area contributed by atoms with Crippen molar-refractivity contribution in [2.24, 2.45) is 0 Å². The highest BCUT2D eigenvalue weighted by Gasteiger charge is 2.17. The summed E-state index contributed by atoms with van der Waals surface area (Å²) in [5, 5.41) is 6.07. The molecule has 3 heterocycles. The number of thiazole rings is 2. The molecule has 0 saturated heterocycles. The van der Waals surface area contributed by atoms with Crippen LogP contribution >= 0.6 is 34.3 Å². The summed E-state index contributed by atoms with van der Waals surface area (Å²) in [6.07, 6.45) is 2.85. The van der Waals surface area contributed by atoms with E-state index in [1.165, 1.54) is 28.7 Å². The zero-order valence-electron chi connectivity index (χ0n) is 20.1. The first kappa shape index (κ1) is 25.1. The van der Waals surface area contributed by atoms with Crippen molar-refractivity contribution >= 4 is 82.9 Å². The van der Waals surface area contributed by atoms with E-state index in [1.807, 2.05) is 24.3 Å². The van der Waals surface area contributed by atoms with Gasteiger partial charge in [-0.3, -0.25) is 9.59 Å². The van der Waals surface area contributed by atoms with Crippen LogP contribution in [0.15, 0.2) is 83.3 Å². The Kier molecular flexibility index (Phi) is 6.97. The third kappa shape index (κ3) is 5.63. The minimum absolute atomic E-state index is 0.0649. The van der Waals surface area contributed by atoms with Crippen molar-refractivity contribution in [2.75, 3.05) is 17.4 Å². The van der Waals surface area contributed by atoms with E-state index in [9.17, 15) is 9.59 Å². The monoisotopic (exact) mass is 574 g/mol. The van der Waals surface area contributed by atoms with Crippen LogP contribution in [0.3, 0.4) is 0 Å². The Bertz CT molecular complexity index is 1790. The Labute approximate surface area is 235 Å². The summed E-state index contributed by atoms with van der Waals surface area (Å²) in [5.41, 5.74) is 7.64. The van der Waals surface area contributed by atoms with Gasteiger partial charge >= 0.3 is 0 Å². The molecule has 2 aromatic heterocycles. The molecular weight excluding hydrogens is 556 g/mol. The van der Waals surface area contributed by atoms with E-state index >= 15 is 0 Å². The van der Waals surface area contributed by atoms with Gasteiger partial charge in [0.05, 0.1) is 42.9 Å². The maximum absolute atomic E-state index is 13.1. The molecule has 0 fully saturated rings. The number of amides is 2. The Morgan fingerprint density at radius 2 is 1.51 bits per heavy atom. The standard InChI is InChI=1S/C28H19ClN4O4S2/c29-28(16-1-7-22-23(9-16)37-15-36-22)17(10-27(35)33-19-4-6-21-25(12-19)39-14-31-21)2-8-26(34)32-18-3-5-20-24(11-18)38-13-30-20/h1-9,11-14H,10,15H2,(H,32,34)(H,33,35)/b8-2+,28-17-. The van der Waals surface area contributed by atoms with Gasteiger partial charge in [0.25, 0.3) is 0 Å². The fourth-order valence-corrected chi connectivity index (χ4v) is 5.71. The lowest BCUT2D eigenvalue weighted by atomic mass is 10.1. The van der Waals surface area contributed by atoms with Gasteiger partial charge in [0, 0.05) is 17.5 Å². The number of nitrogens with one attached hydrogen (secondary N) is 2. The lowest BCUT2D eigenvalue weighted by Gasteiger charge is -2.10. The summed E-state index contributed by atoms with van der Waals surface area (Å²) in [6.45, 7) is 0.132. The van der Waals surface area contributed by atoms with Gasteiger partial charge in [-0.2, -0.15) is 0 Å². The highest BCUT2D eigenvalue weighted by Crippen LogP contribution is 2.37. The van der Waals surface area contributed by atoms with E-state index in [1.54, 1.807) is 47.4 Å². The molecule has 2 amide bonds. The van der Waals surface area contributed by atoms with Gasteiger partial charge in [0.1, 0.15) is 0 Å². The second kappa shape index (κ2) is 10.9. The van der Waals surface area contributed by atoms with E-state index in [0.717, 1.165) is 20.4 Å². The fourth-order valence-electron chi connectivity index (χ4n) is 4.03. The van der Waals surface area contributed by atoms with Crippen molar-refractivity contribution in [3.8, 4) is 11.5 Å². The van der Waals surface area contributed by atoms with Crippen LogP contribution in [0.2, 0.25) is 0 Å². The lowest BCUT2D eigenvalue weighted by Crippen LogP contribution is -2.13. The van der Waals surface area contributed by atoms with Gasteiger partial charge in [-0.25, -0.2) is 9.97 Å².